The van der Waals surface area contributed by atoms with E-state index in [2.05, 4.69) is 40.8 Å². The van der Waals surface area contributed by atoms with Crippen LogP contribution < -0.4 is 11.2 Å². The lowest BCUT2D eigenvalue weighted by Crippen LogP contribution is -2.19. The number of pyridine rings is 1. The Hall–Kier alpha value is -3.93. The second kappa shape index (κ2) is 7.13. The Labute approximate surface area is 155 Å². The van der Waals surface area contributed by atoms with Gasteiger partial charge in [-0.15, -0.1) is 16.4 Å². The van der Waals surface area contributed by atoms with Gasteiger partial charge in [-0.25, -0.2) is 10.1 Å². The summed E-state index contributed by atoms with van der Waals surface area (Å²) in [5.41, 5.74) is 9.37. The summed E-state index contributed by atoms with van der Waals surface area (Å²) in [4.78, 5) is 17.3. The predicted octanol–water partition coefficient (Wildman–Crippen LogP) is 1.12. The number of aromatic nitrogens is 6. The zero-order valence-electron chi connectivity index (χ0n) is 13.6. The van der Waals surface area contributed by atoms with Gasteiger partial charge in [-0.1, -0.05) is 17.3 Å². The molecule has 0 fully saturated rings. The van der Waals surface area contributed by atoms with Crippen LogP contribution in [0.4, 0.5) is 5.82 Å². The molecule has 0 atom stereocenters. The van der Waals surface area contributed by atoms with Crippen LogP contribution in [0.2, 0.25) is 0 Å². The molecule has 0 aromatic carbocycles. The number of amides is 1. The molecule has 0 unspecified atom stereocenters. The fourth-order valence-electron chi connectivity index (χ4n) is 2.23. The van der Waals surface area contributed by atoms with Gasteiger partial charge in [0.05, 0.1) is 11.1 Å². The minimum Gasteiger partial charge on any atom is -0.378 e. The number of carbonyl (C=O) groups excluding carboxylic acids is 1. The highest BCUT2D eigenvalue weighted by Crippen LogP contribution is 2.29. The quantitative estimate of drug-likeness (QED) is 0.385. The fourth-order valence-corrected chi connectivity index (χ4v) is 2.98. The highest BCUT2D eigenvalue weighted by Gasteiger charge is 2.25. The maximum absolute atomic E-state index is 12.6. The van der Waals surface area contributed by atoms with Crippen molar-refractivity contribution in [2.24, 2.45) is 5.10 Å². The second-order valence-electron chi connectivity index (χ2n) is 5.13. The molecule has 4 aromatic rings. The Morgan fingerprint density at radius 3 is 2.96 bits per heavy atom. The molecule has 0 bridgehead atoms. The molecule has 4 heterocycles. The molecule has 1 amide bonds. The van der Waals surface area contributed by atoms with Gasteiger partial charge in [0.1, 0.15) is 5.69 Å². The van der Waals surface area contributed by atoms with Gasteiger partial charge in [-0.2, -0.15) is 9.78 Å². The zero-order valence-corrected chi connectivity index (χ0v) is 14.4. The number of hydrazone groups is 1. The van der Waals surface area contributed by atoms with Crippen molar-refractivity contribution in [2.75, 3.05) is 5.73 Å². The highest BCUT2D eigenvalue weighted by molar-refractivity contribution is 7.13. The van der Waals surface area contributed by atoms with Gasteiger partial charge in [0.25, 0.3) is 5.91 Å². The molecule has 11 nitrogen and oxygen atoms in total. The third-order valence-electron chi connectivity index (χ3n) is 3.40. The lowest BCUT2D eigenvalue weighted by atomic mass is 10.2. The normalized spacial score (nSPS) is 11.1. The predicted molar refractivity (Wildman–Crippen MR) is 96.2 cm³/mol. The first kappa shape index (κ1) is 16.5. The van der Waals surface area contributed by atoms with Crippen molar-refractivity contribution in [3.8, 4) is 16.4 Å². The van der Waals surface area contributed by atoms with Crippen molar-refractivity contribution in [2.45, 2.75) is 0 Å². The molecule has 134 valence electrons. The Kier molecular flexibility index (Phi) is 4.37. The van der Waals surface area contributed by atoms with Crippen LogP contribution in [0.1, 0.15) is 16.1 Å². The Bertz CT molecular complexity index is 1090. The first-order valence-electron chi connectivity index (χ1n) is 7.55. The summed E-state index contributed by atoms with van der Waals surface area (Å²) in [5, 5.41) is 20.9. The van der Waals surface area contributed by atoms with E-state index >= 15 is 0 Å². The van der Waals surface area contributed by atoms with Crippen molar-refractivity contribution < 1.29 is 9.42 Å². The number of thiophene rings is 1. The number of anilines is 1. The number of nitrogens with two attached hydrogens (primary N) is 1. The van der Waals surface area contributed by atoms with E-state index < -0.39 is 5.91 Å². The van der Waals surface area contributed by atoms with E-state index in [1.54, 1.807) is 24.5 Å². The number of hydrogen-bond donors (Lipinski definition) is 2. The fraction of sp³-hybridized carbons (Fsp3) is 0. The van der Waals surface area contributed by atoms with Crippen LogP contribution in [0.25, 0.3) is 16.4 Å². The maximum atomic E-state index is 12.6. The zero-order chi connectivity index (χ0) is 18.6. The van der Waals surface area contributed by atoms with Gasteiger partial charge in [0.2, 0.25) is 11.6 Å². The number of nitrogens with zero attached hydrogens (tertiary/aromatic N) is 7. The van der Waals surface area contributed by atoms with Gasteiger partial charge in [-0.3, -0.25) is 9.78 Å². The van der Waals surface area contributed by atoms with Gasteiger partial charge < -0.3 is 5.73 Å². The van der Waals surface area contributed by atoms with Crippen molar-refractivity contribution >= 4 is 29.3 Å². The van der Waals surface area contributed by atoms with E-state index in [4.69, 9.17) is 5.73 Å². The number of carbonyl (C=O) groups is 1. The molecule has 27 heavy (non-hydrogen) atoms. The third kappa shape index (κ3) is 3.28. The maximum Gasteiger partial charge on any atom is 0.294 e. The van der Waals surface area contributed by atoms with Gasteiger partial charge in [0.15, 0.2) is 5.69 Å². The van der Waals surface area contributed by atoms with Gasteiger partial charge >= 0.3 is 0 Å². The number of rotatable bonds is 5. The first-order valence-corrected chi connectivity index (χ1v) is 8.43. The largest absolute Gasteiger partial charge is 0.378 e. The molecular formula is C15H11N9O2S. The SMILES string of the molecule is Nc1nonc1-n1nnc(C(=O)NN=Cc2cccnc2)c1-c1cccs1. The van der Waals surface area contributed by atoms with E-state index in [1.807, 2.05) is 17.5 Å². The number of nitrogen functional groups attached to an aromatic ring is 1. The van der Waals surface area contributed by atoms with Gasteiger partial charge in [-0.05, 0) is 27.8 Å². The lowest BCUT2D eigenvalue weighted by Gasteiger charge is -2.03. The van der Waals surface area contributed by atoms with Crippen molar-refractivity contribution in [3.63, 3.8) is 0 Å². The molecular weight excluding hydrogens is 370 g/mol. The molecule has 12 heteroatoms. The van der Waals surface area contributed by atoms with E-state index in [-0.39, 0.29) is 17.3 Å². The van der Waals surface area contributed by atoms with Crippen LogP contribution in [0.3, 0.4) is 0 Å². The van der Waals surface area contributed by atoms with Crippen LogP contribution in [-0.4, -0.2) is 42.4 Å². The van der Waals surface area contributed by atoms with E-state index in [1.165, 1.54) is 22.2 Å². The van der Waals surface area contributed by atoms with Crippen molar-refractivity contribution in [3.05, 3.63) is 53.3 Å². The van der Waals surface area contributed by atoms with E-state index in [0.717, 1.165) is 10.4 Å². The molecule has 0 saturated heterocycles. The Balaban J connectivity index is 1.66. The molecule has 0 aliphatic heterocycles. The lowest BCUT2D eigenvalue weighted by molar-refractivity contribution is 0.0951. The van der Waals surface area contributed by atoms with Gasteiger partial charge in [0, 0.05) is 18.0 Å². The van der Waals surface area contributed by atoms with E-state index in [0.29, 0.717) is 5.69 Å². The monoisotopic (exact) mass is 381 g/mol. The third-order valence-corrected chi connectivity index (χ3v) is 4.28. The minimum absolute atomic E-state index is 0.0271. The molecule has 3 N–H and O–H groups in total. The summed E-state index contributed by atoms with van der Waals surface area (Å²) in [6.07, 6.45) is 4.73. The summed E-state index contributed by atoms with van der Waals surface area (Å²) < 4.78 is 5.92. The molecule has 0 aliphatic rings. The second-order valence-corrected chi connectivity index (χ2v) is 6.08. The molecule has 0 radical (unpaired) electrons. The molecule has 0 spiro atoms. The number of hydrogen-bond acceptors (Lipinski definition) is 10. The Morgan fingerprint density at radius 1 is 1.33 bits per heavy atom. The molecule has 4 aromatic heterocycles. The Morgan fingerprint density at radius 2 is 2.26 bits per heavy atom. The van der Waals surface area contributed by atoms with Crippen LogP contribution in [0.15, 0.2) is 51.8 Å². The number of nitrogens with one attached hydrogen (secondary N) is 1. The van der Waals surface area contributed by atoms with E-state index in [9.17, 15) is 4.79 Å². The van der Waals surface area contributed by atoms with Crippen LogP contribution in [0, 0.1) is 0 Å². The smallest absolute Gasteiger partial charge is 0.294 e. The minimum atomic E-state index is -0.542. The topological polar surface area (TPSA) is 150 Å². The van der Waals surface area contributed by atoms with Crippen LogP contribution in [-0.2, 0) is 0 Å². The summed E-state index contributed by atoms with van der Waals surface area (Å²) in [6, 6.07) is 7.22. The summed E-state index contributed by atoms with van der Waals surface area (Å²) in [7, 11) is 0. The molecule has 0 saturated carbocycles. The van der Waals surface area contributed by atoms with Crippen LogP contribution in [0.5, 0.6) is 0 Å². The summed E-state index contributed by atoms with van der Waals surface area (Å²) >= 11 is 1.40. The molecule has 0 aliphatic carbocycles. The molecule has 4 rings (SSSR count). The van der Waals surface area contributed by atoms with Crippen LogP contribution >= 0.6 is 11.3 Å². The average molecular weight is 381 g/mol. The first-order chi connectivity index (χ1) is 13.2. The standard InChI is InChI=1S/C15H11N9O2S/c16-13-14(22-26-21-13)24-12(10-4-2-6-27-10)11(19-23-24)15(25)20-18-8-9-3-1-5-17-7-9/h1-8H,(H2,16,21)(H,20,25). The van der Waals surface area contributed by atoms with Crippen molar-refractivity contribution in [1.82, 2.24) is 35.7 Å². The summed E-state index contributed by atoms with van der Waals surface area (Å²) in [6.45, 7) is 0. The average Bonchev–Trinajstić information content (AvgIpc) is 3.42. The van der Waals surface area contributed by atoms with Crippen molar-refractivity contribution in [1.29, 1.82) is 0 Å². The highest BCUT2D eigenvalue weighted by atomic mass is 32.1. The summed E-state index contributed by atoms with van der Waals surface area (Å²) in [5.74, 6) is -0.372.